The Morgan fingerprint density at radius 1 is 1.38 bits per heavy atom. The Bertz CT molecular complexity index is 276. The largest absolute Gasteiger partial charge is 0.469 e. The van der Waals surface area contributed by atoms with Gasteiger partial charge < -0.3 is 4.74 Å². The fourth-order valence-corrected chi connectivity index (χ4v) is 1.09. The molecule has 67 valence electrons. The first-order valence-corrected chi connectivity index (χ1v) is 4.52. The van der Waals surface area contributed by atoms with Gasteiger partial charge in [-0.05, 0) is 24.4 Å². The van der Waals surface area contributed by atoms with Crippen molar-refractivity contribution in [1.82, 2.24) is 0 Å². The van der Waals surface area contributed by atoms with E-state index in [-0.39, 0.29) is 0 Å². The smallest absolute Gasteiger partial charge is 0.166 e. The molecule has 0 saturated heterocycles. The van der Waals surface area contributed by atoms with Crippen LogP contribution in [0.15, 0.2) is 30.3 Å². The van der Waals surface area contributed by atoms with Gasteiger partial charge in [-0.15, -0.1) is 0 Å². The van der Waals surface area contributed by atoms with Crippen LogP contribution in [0.4, 0.5) is 5.69 Å². The van der Waals surface area contributed by atoms with Gasteiger partial charge in [0.05, 0.1) is 0 Å². The highest BCUT2D eigenvalue weighted by molar-refractivity contribution is 7.79. The zero-order chi connectivity index (χ0) is 9.52. The Balaban J connectivity index is 2.66. The predicted octanol–water partition coefficient (Wildman–Crippen LogP) is 2.26. The van der Waals surface area contributed by atoms with Gasteiger partial charge >= 0.3 is 0 Å². The van der Waals surface area contributed by atoms with Crippen molar-refractivity contribution < 1.29 is 4.74 Å². The van der Waals surface area contributed by atoms with Gasteiger partial charge in [-0.25, -0.2) is 0 Å². The van der Waals surface area contributed by atoms with Gasteiger partial charge in [0.25, 0.3) is 0 Å². The Kier molecular flexibility index (Phi) is 4.35. The summed E-state index contributed by atoms with van der Waals surface area (Å²) in [4.78, 5) is 1.66. The first kappa shape index (κ1) is 10.1. The van der Waals surface area contributed by atoms with Crippen molar-refractivity contribution in [3.63, 3.8) is 0 Å². The molecule has 0 aromatic heterocycles. The number of para-hydroxylation sites is 1. The minimum atomic E-state index is 0.303. The van der Waals surface area contributed by atoms with Crippen molar-refractivity contribution in [1.29, 1.82) is 0 Å². The molecule has 1 radical (unpaired) electrons. The maximum atomic E-state index is 4.93. The average Bonchev–Trinajstić information content (AvgIpc) is 2.21. The molecule has 13 heavy (non-hydrogen) atoms. The SMILES string of the molecule is S=[C]N(COC=S)c1ccccc1. The van der Waals surface area contributed by atoms with E-state index in [4.69, 9.17) is 17.0 Å². The van der Waals surface area contributed by atoms with Crippen molar-refractivity contribution in [3.8, 4) is 0 Å². The third-order valence-electron chi connectivity index (χ3n) is 1.45. The second-order valence-corrected chi connectivity index (χ2v) is 2.62. The highest BCUT2D eigenvalue weighted by Crippen LogP contribution is 2.10. The van der Waals surface area contributed by atoms with E-state index < -0.39 is 0 Å². The Labute approximate surface area is 88.1 Å². The summed E-state index contributed by atoms with van der Waals surface area (Å²) >= 11 is 9.25. The molecule has 0 N–H and O–H groups in total. The normalized spacial score (nSPS) is 8.92. The van der Waals surface area contributed by atoms with E-state index in [1.54, 1.807) is 4.90 Å². The fourth-order valence-electron chi connectivity index (χ4n) is 0.866. The van der Waals surface area contributed by atoms with Gasteiger partial charge in [0, 0.05) is 5.69 Å². The molecule has 0 spiro atoms. The Hall–Kier alpha value is -1.00. The molecule has 1 aromatic carbocycles. The molecule has 0 aliphatic carbocycles. The number of ether oxygens (including phenoxy) is 1. The van der Waals surface area contributed by atoms with Gasteiger partial charge in [-0.1, -0.05) is 30.4 Å². The minimum Gasteiger partial charge on any atom is -0.469 e. The first-order chi connectivity index (χ1) is 6.38. The maximum Gasteiger partial charge on any atom is 0.166 e. The van der Waals surface area contributed by atoms with E-state index in [1.807, 2.05) is 30.3 Å². The number of thiocarbonyl (C=S) groups is 2. The highest BCUT2D eigenvalue weighted by atomic mass is 32.1. The second kappa shape index (κ2) is 5.61. The molecule has 0 atom stereocenters. The van der Waals surface area contributed by atoms with E-state index in [0.717, 1.165) is 5.69 Å². The summed E-state index contributed by atoms with van der Waals surface area (Å²) in [6, 6.07) is 9.63. The van der Waals surface area contributed by atoms with Gasteiger partial charge in [0.15, 0.2) is 6.73 Å². The van der Waals surface area contributed by atoms with Crippen LogP contribution in [-0.2, 0) is 4.74 Å². The standard InChI is InChI=1S/C9H8NOS2/c12-7-10(6-11-8-13)9-4-2-1-3-5-9/h1-5,8H,6H2. The van der Waals surface area contributed by atoms with Gasteiger partial charge in [0.2, 0.25) is 0 Å². The Morgan fingerprint density at radius 2 is 2.08 bits per heavy atom. The van der Waals surface area contributed by atoms with Crippen molar-refractivity contribution in [2.24, 2.45) is 0 Å². The van der Waals surface area contributed by atoms with Gasteiger partial charge in [-0.3, -0.25) is 4.90 Å². The van der Waals surface area contributed by atoms with Crippen LogP contribution in [-0.4, -0.2) is 17.8 Å². The molecule has 2 nitrogen and oxygen atoms in total. The molecule has 0 saturated carbocycles. The summed E-state index contributed by atoms with van der Waals surface area (Å²) < 4.78 is 4.93. The predicted molar refractivity (Wildman–Crippen MR) is 61.1 cm³/mol. The van der Waals surface area contributed by atoms with Crippen LogP contribution in [0.2, 0.25) is 0 Å². The van der Waals surface area contributed by atoms with E-state index in [2.05, 4.69) is 17.7 Å². The molecule has 0 amide bonds. The molecular weight excluding hydrogens is 202 g/mol. The van der Waals surface area contributed by atoms with Crippen LogP contribution in [0.5, 0.6) is 0 Å². The quantitative estimate of drug-likeness (QED) is 0.419. The van der Waals surface area contributed by atoms with E-state index in [9.17, 15) is 0 Å². The third kappa shape index (κ3) is 3.08. The van der Waals surface area contributed by atoms with Crippen molar-refractivity contribution in [2.75, 3.05) is 11.6 Å². The van der Waals surface area contributed by atoms with Gasteiger partial charge in [-0.2, -0.15) is 0 Å². The van der Waals surface area contributed by atoms with Crippen LogP contribution >= 0.6 is 24.4 Å². The summed E-state index contributed by atoms with van der Waals surface area (Å²) in [6.07, 6.45) is 0. The number of benzene rings is 1. The average molecular weight is 210 g/mol. The molecule has 1 aromatic rings. The number of anilines is 1. The molecule has 0 bridgehead atoms. The summed E-state index contributed by atoms with van der Waals surface area (Å²) in [7, 11) is 0. The van der Waals surface area contributed by atoms with E-state index in [0.29, 0.717) is 6.73 Å². The first-order valence-electron chi connectivity index (χ1n) is 3.64. The lowest BCUT2D eigenvalue weighted by atomic mass is 10.3. The van der Waals surface area contributed by atoms with Crippen LogP contribution in [0.3, 0.4) is 0 Å². The van der Waals surface area contributed by atoms with E-state index in [1.165, 1.54) is 5.55 Å². The monoisotopic (exact) mass is 210 g/mol. The lowest BCUT2D eigenvalue weighted by molar-refractivity contribution is 0.342. The summed E-state index contributed by atoms with van der Waals surface area (Å²) in [6.45, 7) is 0.303. The number of hydrogen-bond acceptors (Lipinski definition) is 3. The lowest BCUT2D eigenvalue weighted by Gasteiger charge is -2.16. The van der Waals surface area contributed by atoms with E-state index >= 15 is 0 Å². The maximum absolute atomic E-state index is 4.93. The zero-order valence-corrected chi connectivity index (χ0v) is 8.48. The van der Waals surface area contributed by atoms with Crippen LogP contribution in [0.25, 0.3) is 0 Å². The van der Waals surface area contributed by atoms with Gasteiger partial charge in [0.1, 0.15) is 11.0 Å². The highest BCUT2D eigenvalue weighted by Gasteiger charge is 2.01. The molecule has 4 heteroatoms. The summed E-state index contributed by atoms with van der Waals surface area (Å²) in [5.74, 6) is 0. The topological polar surface area (TPSA) is 12.5 Å². The molecule has 0 unspecified atom stereocenters. The molecule has 0 aliphatic rings. The zero-order valence-electron chi connectivity index (χ0n) is 6.84. The molecule has 0 aliphatic heterocycles. The minimum absolute atomic E-state index is 0.303. The Morgan fingerprint density at radius 3 is 2.62 bits per heavy atom. The van der Waals surface area contributed by atoms with Crippen molar-refractivity contribution >= 4 is 41.2 Å². The second-order valence-electron chi connectivity index (χ2n) is 2.25. The number of nitrogens with zero attached hydrogens (tertiary/aromatic N) is 1. The fraction of sp³-hybridized carbons (Fsp3) is 0.111. The van der Waals surface area contributed by atoms with Crippen LogP contribution < -0.4 is 4.90 Å². The van der Waals surface area contributed by atoms with Crippen LogP contribution in [0, 0.1) is 0 Å². The van der Waals surface area contributed by atoms with Crippen LogP contribution in [0.1, 0.15) is 0 Å². The van der Waals surface area contributed by atoms with Crippen molar-refractivity contribution in [2.45, 2.75) is 0 Å². The molecule has 0 heterocycles. The number of hydrogen-bond donors (Lipinski definition) is 0. The summed E-state index contributed by atoms with van der Waals surface area (Å²) in [5.41, 5.74) is 4.73. The van der Waals surface area contributed by atoms with Crippen molar-refractivity contribution in [3.05, 3.63) is 30.3 Å². The summed E-state index contributed by atoms with van der Waals surface area (Å²) in [5, 5.41) is 0. The lowest BCUT2D eigenvalue weighted by Crippen LogP contribution is -2.22. The molecular formula is C9H8NOS2. The molecule has 0 fully saturated rings. The number of rotatable bonds is 5. The third-order valence-corrected chi connectivity index (χ3v) is 1.81. The molecule has 1 rings (SSSR count).